The van der Waals surface area contributed by atoms with Gasteiger partial charge in [0, 0.05) is 24.7 Å². The van der Waals surface area contributed by atoms with Gasteiger partial charge in [-0.05, 0) is 48.7 Å². The average molecular weight is 370 g/mol. The van der Waals surface area contributed by atoms with Crippen molar-refractivity contribution in [3.63, 3.8) is 0 Å². The van der Waals surface area contributed by atoms with Gasteiger partial charge in [-0.25, -0.2) is 8.78 Å². The van der Waals surface area contributed by atoms with Crippen molar-refractivity contribution < 1.29 is 18.4 Å². The van der Waals surface area contributed by atoms with Gasteiger partial charge in [0.25, 0.3) is 0 Å². The molecule has 0 spiro atoms. The lowest BCUT2D eigenvalue weighted by Crippen LogP contribution is -2.40. The molecule has 0 saturated carbocycles. The summed E-state index contributed by atoms with van der Waals surface area (Å²) < 4.78 is 28.0. The number of rotatable bonds is 4. The number of amides is 2. The minimum atomic E-state index is -0.655. The minimum absolute atomic E-state index is 0.121. The SMILES string of the molecule is C=CC(=O)N1CCC(C(=O)Nc2cccc(-c3c(F)cccc3F)c2)CC1. The first-order chi connectivity index (χ1) is 13.0. The third-order valence-electron chi connectivity index (χ3n) is 4.73. The van der Waals surface area contributed by atoms with E-state index in [0.717, 1.165) is 0 Å². The van der Waals surface area contributed by atoms with E-state index in [-0.39, 0.29) is 23.3 Å². The highest BCUT2D eigenvalue weighted by Gasteiger charge is 2.26. The number of nitrogens with one attached hydrogen (secondary N) is 1. The first-order valence-electron chi connectivity index (χ1n) is 8.76. The maximum Gasteiger partial charge on any atom is 0.245 e. The molecule has 0 atom stereocenters. The molecule has 1 aliphatic heterocycles. The predicted octanol–water partition coefficient (Wildman–Crippen LogP) is 3.99. The van der Waals surface area contributed by atoms with Gasteiger partial charge in [0.1, 0.15) is 11.6 Å². The quantitative estimate of drug-likeness (QED) is 0.827. The molecule has 0 aromatic heterocycles. The maximum atomic E-state index is 14.0. The Kier molecular flexibility index (Phi) is 5.64. The lowest BCUT2D eigenvalue weighted by atomic mass is 9.95. The fourth-order valence-electron chi connectivity index (χ4n) is 3.26. The molecule has 27 heavy (non-hydrogen) atoms. The van der Waals surface area contributed by atoms with E-state index in [1.54, 1.807) is 29.2 Å². The number of nitrogens with zero attached hydrogens (tertiary/aromatic N) is 1. The van der Waals surface area contributed by atoms with Crippen LogP contribution in [0.2, 0.25) is 0 Å². The normalized spacial score (nSPS) is 14.7. The Hall–Kier alpha value is -3.02. The van der Waals surface area contributed by atoms with Crippen LogP contribution in [0, 0.1) is 17.6 Å². The van der Waals surface area contributed by atoms with Crippen LogP contribution in [0.5, 0.6) is 0 Å². The van der Waals surface area contributed by atoms with E-state index < -0.39 is 11.6 Å². The van der Waals surface area contributed by atoms with Crippen molar-refractivity contribution in [2.75, 3.05) is 18.4 Å². The van der Waals surface area contributed by atoms with E-state index in [1.807, 2.05) is 0 Å². The molecule has 1 N–H and O–H groups in total. The van der Waals surface area contributed by atoms with E-state index in [1.165, 1.54) is 24.3 Å². The number of hydrogen-bond donors (Lipinski definition) is 1. The molecule has 2 aromatic carbocycles. The Bertz CT molecular complexity index is 854. The van der Waals surface area contributed by atoms with Crippen molar-refractivity contribution in [2.45, 2.75) is 12.8 Å². The van der Waals surface area contributed by atoms with Gasteiger partial charge in [-0.1, -0.05) is 24.8 Å². The van der Waals surface area contributed by atoms with Gasteiger partial charge in [0.2, 0.25) is 11.8 Å². The molecule has 1 saturated heterocycles. The second kappa shape index (κ2) is 8.12. The van der Waals surface area contributed by atoms with Crippen LogP contribution in [0.1, 0.15) is 12.8 Å². The Morgan fingerprint density at radius 1 is 1.07 bits per heavy atom. The topological polar surface area (TPSA) is 49.4 Å². The van der Waals surface area contributed by atoms with Crippen molar-refractivity contribution in [1.82, 2.24) is 4.90 Å². The summed E-state index contributed by atoms with van der Waals surface area (Å²) >= 11 is 0. The second-order valence-corrected chi connectivity index (χ2v) is 6.47. The smallest absolute Gasteiger partial charge is 0.245 e. The molecule has 1 aliphatic rings. The molecule has 0 aliphatic carbocycles. The Morgan fingerprint density at radius 3 is 2.33 bits per heavy atom. The van der Waals surface area contributed by atoms with E-state index in [2.05, 4.69) is 11.9 Å². The summed E-state index contributed by atoms with van der Waals surface area (Å²) in [7, 11) is 0. The van der Waals surface area contributed by atoms with Crippen LogP contribution in [0.4, 0.5) is 14.5 Å². The van der Waals surface area contributed by atoms with Crippen LogP contribution in [0.25, 0.3) is 11.1 Å². The van der Waals surface area contributed by atoms with Gasteiger partial charge in [0.15, 0.2) is 0 Å². The number of benzene rings is 2. The summed E-state index contributed by atoms with van der Waals surface area (Å²) in [4.78, 5) is 25.8. The Labute approximate surface area is 156 Å². The third-order valence-corrected chi connectivity index (χ3v) is 4.73. The summed E-state index contributed by atoms with van der Waals surface area (Å²) in [6.45, 7) is 4.47. The molecule has 2 aromatic rings. The number of piperidine rings is 1. The third kappa shape index (κ3) is 4.22. The Morgan fingerprint density at radius 2 is 1.70 bits per heavy atom. The summed E-state index contributed by atoms with van der Waals surface area (Å²) in [5, 5.41) is 2.81. The number of hydrogen-bond acceptors (Lipinski definition) is 2. The van der Waals surface area contributed by atoms with E-state index >= 15 is 0 Å². The second-order valence-electron chi connectivity index (χ2n) is 6.47. The zero-order valence-electron chi connectivity index (χ0n) is 14.8. The largest absolute Gasteiger partial charge is 0.339 e. The van der Waals surface area contributed by atoms with Crippen molar-refractivity contribution in [3.8, 4) is 11.1 Å². The molecule has 140 valence electrons. The molecular weight excluding hydrogens is 350 g/mol. The van der Waals surface area contributed by atoms with E-state index in [4.69, 9.17) is 0 Å². The van der Waals surface area contributed by atoms with Crippen molar-refractivity contribution >= 4 is 17.5 Å². The molecule has 1 fully saturated rings. The molecule has 0 bridgehead atoms. The van der Waals surface area contributed by atoms with Crippen molar-refractivity contribution in [1.29, 1.82) is 0 Å². The van der Waals surface area contributed by atoms with Gasteiger partial charge in [-0.15, -0.1) is 0 Å². The highest BCUT2D eigenvalue weighted by molar-refractivity contribution is 5.93. The highest BCUT2D eigenvalue weighted by Crippen LogP contribution is 2.28. The number of carbonyl (C=O) groups is 2. The standard InChI is InChI=1S/C21H20F2N2O2/c1-2-19(26)25-11-9-14(10-12-25)21(27)24-16-6-3-5-15(13-16)20-17(22)7-4-8-18(20)23/h2-8,13-14H,1,9-12H2,(H,24,27). The lowest BCUT2D eigenvalue weighted by molar-refractivity contribution is -0.130. The van der Waals surface area contributed by atoms with Gasteiger partial charge >= 0.3 is 0 Å². The summed E-state index contributed by atoms with van der Waals surface area (Å²) in [5.74, 6) is -1.82. The van der Waals surface area contributed by atoms with E-state index in [9.17, 15) is 18.4 Å². The van der Waals surface area contributed by atoms with Gasteiger partial charge in [-0.3, -0.25) is 9.59 Å². The van der Waals surface area contributed by atoms with Crippen LogP contribution in [0.15, 0.2) is 55.1 Å². The Balaban J connectivity index is 1.69. The zero-order chi connectivity index (χ0) is 19.4. The predicted molar refractivity (Wildman–Crippen MR) is 99.9 cm³/mol. The summed E-state index contributed by atoms with van der Waals surface area (Å²) in [5.41, 5.74) is 0.712. The van der Waals surface area contributed by atoms with Crippen LogP contribution in [-0.2, 0) is 9.59 Å². The highest BCUT2D eigenvalue weighted by atomic mass is 19.1. The fourth-order valence-corrected chi connectivity index (χ4v) is 3.26. The maximum absolute atomic E-state index is 14.0. The van der Waals surface area contributed by atoms with Gasteiger partial charge in [-0.2, -0.15) is 0 Å². The monoisotopic (exact) mass is 370 g/mol. The van der Waals surface area contributed by atoms with Crippen LogP contribution in [0.3, 0.4) is 0 Å². The van der Waals surface area contributed by atoms with Crippen molar-refractivity contribution in [3.05, 3.63) is 66.8 Å². The first-order valence-corrected chi connectivity index (χ1v) is 8.76. The van der Waals surface area contributed by atoms with E-state index in [0.29, 0.717) is 37.2 Å². The zero-order valence-corrected chi connectivity index (χ0v) is 14.8. The molecule has 3 rings (SSSR count). The molecular formula is C21H20F2N2O2. The molecule has 2 amide bonds. The summed E-state index contributed by atoms with van der Waals surface area (Å²) in [6.07, 6.45) is 2.40. The number of halogens is 2. The minimum Gasteiger partial charge on any atom is -0.339 e. The van der Waals surface area contributed by atoms with Crippen LogP contribution in [-0.4, -0.2) is 29.8 Å². The lowest BCUT2D eigenvalue weighted by Gasteiger charge is -2.30. The molecule has 4 nitrogen and oxygen atoms in total. The van der Waals surface area contributed by atoms with Gasteiger partial charge in [0.05, 0.1) is 5.56 Å². The van der Waals surface area contributed by atoms with Crippen LogP contribution >= 0.6 is 0 Å². The number of anilines is 1. The fraction of sp³-hybridized carbons (Fsp3) is 0.238. The van der Waals surface area contributed by atoms with Crippen LogP contribution < -0.4 is 5.32 Å². The first kappa shape index (κ1) is 18.8. The summed E-state index contributed by atoms with van der Waals surface area (Å²) in [6, 6.07) is 10.2. The molecule has 6 heteroatoms. The number of likely N-dealkylation sites (tertiary alicyclic amines) is 1. The number of carbonyl (C=O) groups excluding carboxylic acids is 2. The molecule has 0 unspecified atom stereocenters. The molecule has 1 heterocycles. The van der Waals surface area contributed by atoms with Crippen molar-refractivity contribution in [2.24, 2.45) is 5.92 Å². The average Bonchev–Trinajstić information content (AvgIpc) is 2.67. The van der Waals surface area contributed by atoms with Gasteiger partial charge < -0.3 is 10.2 Å². The molecule has 0 radical (unpaired) electrons.